The Balaban J connectivity index is 1.56. The largest absolute Gasteiger partial charge is 0.373 e. The summed E-state index contributed by atoms with van der Waals surface area (Å²) < 4.78 is 0. The molecule has 1 N–H and O–H groups in total. The van der Waals surface area contributed by atoms with Crippen LogP contribution >= 0.6 is 0 Å². The molecule has 0 radical (unpaired) electrons. The Labute approximate surface area is 149 Å². The summed E-state index contributed by atoms with van der Waals surface area (Å²) in [7, 11) is 0. The number of hydrogen-bond donors (Lipinski definition) is 1. The number of aryl methyl sites for hydroxylation is 2. The summed E-state index contributed by atoms with van der Waals surface area (Å²) in [5, 5.41) is 14.1. The van der Waals surface area contributed by atoms with Crippen molar-refractivity contribution in [2.75, 3.05) is 10.2 Å². The third kappa shape index (κ3) is 2.81. The molecule has 0 aromatic heterocycles. The van der Waals surface area contributed by atoms with Gasteiger partial charge in [-0.2, -0.15) is 0 Å². The average molecular weight is 351 g/mol. The lowest BCUT2D eigenvalue weighted by Gasteiger charge is -2.16. The molecule has 2 amide bonds. The van der Waals surface area contributed by atoms with Gasteiger partial charge in [0.15, 0.2) is 0 Å². The average Bonchev–Trinajstić information content (AvgIpc) is 3.19. The van der Waals surface area contributed by atoms with Crippen LogP contribution in [0.25, 0.3) is 0 Å². The number of non-ortho nitro benzene ring substituents is 1. The van der Waals surface area contributed by atoms with Crippen molar-refractivity contribution in [3.8, 4) is 0 Å². The molecule has 1 aliphatic heterocycles. The number of nitrogens with one attached hydrogen (secondary N) is 1. The molecule has 1 fully saturated rings. The second-order valence-corrected chi connectivity index (χ2v) is 6.58. The van der Waals surface area contributed by atoms with E-state index in [2.05, 4.69) is 11.4 Å². The van der Waals surface area contributed by atoms with Gasteiger partial charge in [0, 0.05) is 17.8 Å². The summed E-state index contributed by atoms with van der Waals surface area (Å²) >= 11 is 0. The maximum atomic E-state index is 12.7. The van der Waals surface area contributed by atoms with Gasteiger partial charge in [-0.1, -0.05) is 12.1 Å². The molecule has 0 saturated carbocycles. The van der Waals surface area contributed by atoms with Crippen LogP contribution in [-0.2, 0) is 22.4 Å². The standard InChI is InChI=1S/C19H17N3O4/c23-18-11-17(20-14-8-7-12-3-1-4-13(12)9-14)19(24)21(18)15-5-2-6-16(10-15)22(25)26/h2,5-10,17,20H,1,3-4,11H2/t17-/m1/s1. The van der Waals surface area contributed by atoms with Gasteiger partial charge in [-0.15, -0.1) is 0 Å². The molecular formula is C19H17N3O4. The zero-order valence-corrected chi connectivity index (χ0v) is 14.0. The van der Waals surface area contributed by atoms with Crippen LogP contribution < -0.4 is 10.2 Å². The number of amides is 2. The van der Waals surface area contributed by atoms with Crippen molar-refractivity contribution in [3.63, 3.8) is 0 Å². The van der Waals surface area contributed by atoms with E-state index in [0.29, 0.717) is 0 Å². The predicted octanol–water partition coefficient (Wildman–Crippen LogP) is 2.83. The molecular weight excluding hydrogens is 334 g/mol. The summed E-state index contributed by atoms with van der Waals surface area (Å²) in [6.45, 7) is 0. The van der Waals surface area contributed by atoms with Gasteiger partial charge in [0.05, 0.1) is 17.0 Å². The lowest BCUT2D eigenvalue weighted by Crippen LogP contribution is -2.34. The molecule has 4 rings (SSSR count). The van der Waals surface area contributed by atoms with E-state index in [1.807, 2.05) is 12.1 Å². The smallest absolute Gasteiger partial charge is 0.271 e. The lowest BCUT2D eigenvalue weighted by molar-refractivity contribution is -0.384. The summed E-state index contributed by atoms with van der Waals surface area (Å²) in [6, 6.07) is 10.9. The van der Waals surface area contributed by atoms with Gasteiger partial charge in [0.25, 0.3) is 11.6 Å². The Morgan fingerprint density at radius 2 is 1.88 bits per heavy atom. The molecule has 2 aromatic rings. The van der Waals surface area contributed by atoms with E-state index < -0.39 is 16.9 Å². The molecule has 26 heavy (non-hydrogen) atoms. The minimum Gasteiger partial charge on any atom is -0.373 e. The van der Waals surface area contributed by atoms with E-state index in [0.717, 1.165) is 29.8 Å². The van der Waals surface area contributed by atoms with Gasteiger partial charge >= 0.3 is 0 Å². The molecule has 1 aliphatic carbocycles. The number of imide groups is 1. The molecule has 2 aromatic carbocycles. The van der Waals surface area contributed by atoms with Crippen molar-refractivity contribution in [1.82, 2.24) is 0 Å². The van der Waals surface area contributed by atoms with Crippen LogP contribution in [0.5, 0.6) is 0 Å². The number of anilines is 2. The highest BCUT2D eigenvalue weighted by Crippen LogP contribution is 2.29. The monoisotopic (exact) mass is 351 g/mol. The third-order valence-corrected chi connectivity index (χ3v) is 4.88. The van der Waals surface area contributed by atoms with Crippen LogP contribution in [-0.4, -0.2) is 22.8 Å². The topological polar surface area (TPSA) is 92.6 Å². The molecule has 1 saturated heterocycles. The summed E-state index contributed by atoms with van der Waals surface area (Å²) in [6.07, 6.45) is 3.28. The highest BCUT2D eigenvalue weighted by molar-refractivity contribution is 6.23. The molecule has 2 aliphatic rings. The number of nitro groups is 1. The van der Waals surface area contributed by atoms with E-state index in [4.69, 9.17) is 0 Å². The predicted molar refractivity (Wildman–Crippen MR) is 96.1 cm³/mol. The quantitative estimate of drug-likeness (QED) is 0.519. The van der Waals surface area contributed by atoms with Gasteiger partial charge in [-0.3, -0.25) is 19.7 Å². The molecule has 0 unspecified atom stereocenters. The van der Waals surface area contributed by atoms with E-state index in [1.165, 1.54) is 35.4 Å². The van der Waals surface area contributed by atoms with Gasteiger partial charge in [-0.25, -0.2) is 4.90 Å². The first-order chi connectivity index (χ1) is 12.5. The van der Waals surface area contributed by atoms with Crippen molar-refractivity contribution in [2.45, 2.75) is 31.7 Å². The minimum absolute atomic E-state index is 0.0264. The van der Waals surface area contributed by atoms with Crippen LogP contribution in [0.4, 0.5) is 17.1 Å². The van der Waals surface area contributed by atoms with Gasteiger partial charge < -0.3 is 5.32 Å². The highest BCUT2D eigenvalue weighted by atomic mass is 16.6. The molecule has 0 spiro atoms. The van der Waals surface area contributed by atoms with E-state index in [-0.39, 0.29) is 23.7 Å². The molecule has 7 heteroatoms. The van der Waals surface area contributed by atoms with Crippen molar-refractivity contribution in [2.24, 2.45) is 0 Å². The number of nitrogens with zero attached hydrogens (tertiary/aromatic N) is 2. The molecule has 1 heterocycles. The van der Waals surface area contributed by atoms with Crippen LogP contribution in [0.3, 0.4) is 0 Å². The molecule has 132 valence electrons. The zero-order chi connectivity index (χ0) is 18.3. The van der Waals surface area contributed by atoms with Crippen molar-refractivity contribution < 1.29 is 14.5 Å². The summed E-state index contributed by atoms with van der Waals surface area (Å²) in [4.78, 5) is 36.5. The first-order valence-corrected chi connectivity index (χ1v) is 8.52. The Kier molecular flexibility index (Phi) is 3.91. The van der Waals surface area contributed by atoms with Crippen LogP contribution in [0.2, 0.25) is 0 Å². The number of rotatable bonds is 4. The van der Waals surface area contributed by atoms with Crippen LogP contribution in [0.15, 0.2) is 42.5 Å². The van der Waals surface area contributed by atoms with E-state index >= 15 is 0 Å². The van der Waals surface area contributed by atoms with Gasteiger partial charge in [0.2, 0.25) is 5.91 Å². The number of carbonyl (C=O) groups is 2. The Hall–Kier alpha value is -3.22. The molecule has 1 atom stereocenters. The van der Waals surface area contributed by atoms with Crippen molar-refractivity contribution >= 4 is 28.9 Å². The Morgan fingerprint density at radius 1 is 1.08 bits per heavy atom. The second kappa shape index (κ2) is 6.25. The maximum absolute atomic E-state index is 12.7. The van der Waals surface area contributed by atoms with Crippen molar-refractivity contribution in [3.05, 3.63) is 63.7 Å². The lowest BCUT2D eigenvalue weighted by atomic mass is 10.1. The fourth-order valence-corrected chi connectivity index (χ4v) is 3.62. The molecule has 7 nitrogen and oxygen atoms in total. The Morgan fingerprint density at radius 3 is 2.69 bits per heavy atom. The first kappa shape index (κ1) is 16.3. The summed E-state index contributed by atoms with van der Waals surface area (Å²) in [5.41, 5.74) is 3.51. The number of nitro benzene ring substituents is 1. The second-order valence-electron chi connectivity index (χ2n) is 6.58. The molecule has 0 bridgehead atoms. The zero-order valence-electron chi connectivity index (χ0n) is 14.0. The number of fused-ring (bicyclic) bond motifs is 1. The number of benzene rings is 2. The number of hydrogen-bond acceptors (Lipinski definition) is 5. The number of carbonyl (C=O) groups excluding carboxylic acids is 2. The normalized spacial score (nSPS) is 18.9. The summed E-state index contributed by atoms with van der Waals surface area (Å²) in [5.74, 6) is -0.759. The van der Waals surface area contributed by atoms with Gasteiger partial charge in [-0.05, 0) is 48.6 Å². The van der Waals surface area contributed by atoms with E-state index in [1.54, 1.807) is 0 Å². The fraction of sp³-hybridized carbons (Fsp3) is 0.263. The minimum atomic E-state index is -0.666. The SMILES string of the molecule is O=C1C[C@@H](Nc2ccc3c(c2)CCC3)C(=O)N1c1cccc([N+](=O)[O-])c1. The van der Waals surface area contributed by atoms with Crippen molar-refractivity contribution in [1.29, 1.82) is 0 Å². The van der Waals surface area contributed by atoms with Crippen LogP contribution in [0.1, 0.15) is 24.0 Å². The van der Waals surface area contributed by atoms with Gasteiger partial charge in [0.1, 0.15) is 6.04 Å². The fourth-order valence-electron chi connectivity index (χ4n) is 3.62. The highest BCUT2D eigenvalue weighted by Gasteiger charge is 2.40. The third-order valence-electron chi connectivity index (χ3n) is 4.88. The maximum Gasteiger partial charge on any atom is 0.271 e. The Bertz CT molecular complexity index is 925. The van der Waals surface area contributed by atoms with E-state index in [9.17, 15) is 19.7 Å². The first-order valence-electron chi connectivity index (χ1n) is 8.52. The van der Waals surface area contributed by atoms with Crippen LogP contribution in [0, 0.1) is 10.1 Å².